The molecule has 0 aliphatic heterocycles. The second-order valence-corrected chi connectivity index (χ2v) is 7.72. The summed E-state index contributed by atoms with van der Waals surface area (Å²) in [5.74, 6) is -0.969. The van der Waals surface area contributed by atoms with Gasteiger partial charge in [0.05, 0.1) is 18.0 Å². The van der Waals surface area contributed by atoms with Crippen molar-refractivity contribution in [3.8, 4) is 0 Å². The standard InChI is InChI=1S/C22H23N3O4S/c1-4-29-22(28)20-14(2)19(15(3)24-20)17(26)13-25(12-16-7-5-9-23-11-16)21(27)18-8-6-10-30-18/h5-11,24H,4,12-13H2,1-3H3. The van der Waals surface area contributed by atoms with Crippen molar-refractivity contribution in [2.45, 2.75) is 27.3 Å². The first kappa shape index (κ1) is 21.4. The summed E-state index contributed by atoms with van der Waals surface area (Å²) in [5, 5.41) is 1.82. The average Bonchev–Trinajstić information content (AvgIpc) is 3.36. The van der Waals surface area contributed by atoms with Crippen LogP contribution in [0, 0.1) is 13.8 Å². The molecular formula is C22H23N3O4S. The van der Waals surface area contributed by atoms with Crippen molar-refractivity contribution in [1.82, 2.24) is 14.9 Å². The van der Waals surface area contributed by atoms with E-state index < -0.39 is 5.97 Å². The van der Waals surface area contributed by atoms with Crippen LogP contribution in [-0.4, -0.2) is 45.7 Å². The van der Waals surface area contributed by atoms with E-state index in [0.717, 1.165) is 5.56 Å². The van der Waals surface area contributed by atoms with Crippen LogP contribution >= 0.6 is 11.3 Å². The van der Waals surface area contributed by atoms with Gasteiger partial charge in [0, 0.05) is 30.2 Å². The van der Waals surface area contributed by atoms with E-state index >= 15 is 0 Å². The van der Waals surface area contributed by atoms with Crippen molar-refractivity contribution in [1.29, 1.82) is 0 Å². The summed E-state index contributed by atoms with van der Waals surface area (Å²) in [6, 6.07) is 7.18. The Morgan fingerprint density at radius 2 is 2.00 bits per heavy atom. The maximum Gasteiger partial charge on any atom is 0.355 e. The van der Waals surface area contributed by atoms with Crippen molar-refractivity contribution in [2.24, 2.45) is 0 Å². The Balaban J connectivity index is 1.88. The van der Waals surface area contributed by atoms with Gasteiger partial charge in [0.15, 0.2) is 5.78 Å². The number of thiophene rings is 1. The number of aromatic nitrogens is 2. The predicted molar refractivity (Wildman–Crippen MR) is 114 cm³/mol. The molecule has 0 fully saturated rings. The van der Waals surface area contributed by atoms with E-state index in [1.54, 1.807) is 51.4 Å². The van der Waals surface area contributed by atoms with Crippen LogP contribution in [0.2, 0.25) is 0 Å². The Hall–Kier alpha value is -3.26. The third-order valence-electron chi connectivity index (χ3n) is 4.65. The van der Waals surface area contributed by atoms with E-state index in [0.29, 0.717) is 21.7 Å². The Bertz CT molecular complexity index is 1040. The third-order valence-corrected chi connectivity index (χ3v) is 5.50. The molecule has 0 bridgehead atoms. The summed E-state index contributed by atoms with van der Waals surface area (Å²) >= 11 is 1.33. The number of nitrogens with one attached hydrogen (secondary N) is 1. The van der Waals surface area contributed by atoms with Gasteiger partial charge in [-0.3, -0.25) is 14.6 Å². The number of esters is 1. The van der Waals surface area contributed by atoms with E-state index in [1.165, 1.54) is 16.2 Å². The topological polar surface area (TPSA) is 92.4 Å². The summed E-state index contributed by atoms with van der Waals surface area (Å²) in [7, 11) is 0. The molecule has 7 nitrogen and oxygen atoms in total. The number of rotatable bonds is 8. The normalized spacial score (nSPS) is 10.6. The minimum absolute atomic E-state index is 0.118. The van der Waals surface area contributed by atoms with E-state index in [9.17, 15) is 14.4 Å². The first-order chi connectivity index (χ1) is 14.4. The Kier molecular flexibility index (Phi) is 6.79. The molecule has 1 N–H and O–H groups in total. The second kappa shape index (κ2) is 9.49. The van der Waals surface area contributed by atoms with Gasteiger partial charge in [0.2, 0.25) is 0 Å². The molecule has 0 saturated carbocycles. The van der Waals surface area contributed by atoms with Crippen LogP contribution < -0.4 is 0 Å². The zero-order valence-electron chi connectivity index (χ0n) is 17.1. The number of Topliss-reactive ketones (excluding diaryl/α,β-unsaturated/α-hetero) is 1. The van der Waals surface area contributed by atoms with Crippen LogP contribution in [0.15, 0.2) is 42.0 Å². The van der Waals surface area contributed by atoms with Gasteiger partial charge < -0.3 is 14.6 Å². The van der Waals surface area contributed by atoms with Crippen molar-refractivity contribution in [3.63, 3.8) is 0 Å². The number of pyridine rings is 1. The van der Waals surface area contributed by atoms with Gasteiger partial charge in [-0.05, 0) is 49.4 Å². The first-order valence-corrected chi connectivity index (χ1v) is 10.4. The molecule has 0 radical (unpaired) electrons. The highest BCUT2D eigenvalue weighted by Crippen LogP contribution is 2.21. The maximum absolute atomic E-state index is 13.2. The quantitative estimate of drug-likeness (QED) is 0.438. The number of carbonyl (C=O) groups excluding carboxylic acids is 3. The van der Waals surface area contributed by atoms with Crippen LogP contribution in [0.25, 0.3) is 0 Å². The molecule has 3 rings (SSSR count). The summed E-state index contributed by atoms with van der Waals surface area (Å²) in [5.41, 5.74) is 2.60. The Labute approximate surface area is 178 Å². The fourth-order valence-electron chi connectivity index (χ4n) is 3.30. The summed E-state index contributed by atoms with van der Waals surface area (Å²) in [6.45, 7) is 5.54. The number of aromatic amines is 1. The lowest BCUT2D eigenvalue weighted by molar-refractivity contribution is 0.0519. The molecule has 0 aliphatic carbocycles. The zero-order chi connectivity index (χ0) is 21.7. The summed E-state index contributed by atoms with van der Waals surface area (Å²) in [6.07, 6.45) is 3.33. The molecule has 3 aromatic heterocycles. The number of ether oxygens (including phenoxy) is 1. The average molecular weight is 426 g/mol. The molecule has 3 aromatic rings. The van der Waals surface area contributed by atoms with Crippen molar-refractivity contribution >= 4 is 29.0 Å². The Morgan fingerprint density at radius 3 is 2.63 bits per heavy atom. The third kappa shape index (κ3) is 4.65. The van der Waals surface area contributed by atoms with E-state index in [2.05, 4.69) is 9.97 Å². The van der Waals surface area contributed by atoms with Crippen LogP contribution in [-0.2, 0) is 11.3 Å². The van der Waals surface area contributed by atoms with Gasteiger partial charge in [-0.25, -0.2) is 4.79 Å². The molecule has 156 valence electrons. The van der Waals surface area contributed by atoms with Gasteiger partial charge in [0.25, 0.3) is 5.91 Å². The van der Waals surface area contributed by atoms with Gasteiger partial charge in [-0.15, -0.1) is 11.3 Å². The molecule has 0 spiro atoms. The van der Waals surface area contributed by atoms with Gasteiger partial charge in [0.1, 0.15) is 5.69 Å². The van der Waals surface area contributed by atoms with E-state index in [-0.39, 0.29) is 37.1 Å². The molecule has 8 heteroatoms. The minimum Gasteiger partial charge on any atom is -0.461 e. The second-order valence-electron chi connectivity index (χ2n) is 6.77. The molecule has 0 aliphatic rings. The lowest BCUT2D eigenvalue weighted by atomic mass is 10.0. The molecule has 1 amide bonds. The molecule has 0 aromatic carbocycles. The number of aryl methyl sites for hydroxylation is 1. The van der Waals surface area contributed by atoms with Gasteiger partial charge >= 0.3 is 5.97 Å². The monoisotopic (exact) mass is 425 g/mol. The van der Waals surface area contributed by atoms with Crippen molar-refractivity contribution < 1.29 is 19.1 Å². The molecule has 0 unspecified atom stereocenters. The lowest BCUT2D eigenvalue weighted by Crippen LogP contribution is -2.35. The predicted octanol–water partition coefficient (Wildman–Crippen LogP) is 3.79. The lowest BCUT2D eigenvalue weighted by Gasteiger charge is -2.21. The van der Waals surface area contributed by atoms with Gasteiger partial charge in [-0.1, -0.05) is 12.1 Å². The molecular weight excluding hydrogens is 402 g/mol. The molecule has 0 saturated heterocycles. The minimum atomic E-state index is -0.501. The van der Waals surface area contributed by atoms with Crippen molar-refractivity contribution in [2.75, 3.05) is 13.2 Å². The van der Waals surface area contributed by atoms with E-state index in [4.69, 9.17) is 4.74 Å². The smallest absolute Gasteiger partial charge is 0.355 e. The highest BCUT2D eigenvalue weighted by atomic mass is 32.1. The van der Waals surface area contributed by atoms with Crippen molar-refractivity contribution in [3.05, 3.63) is 75.0 Å². The Morgan fingerprint density at radius 1 is 1.20 bits per heavy atom. The van der Waals surface area contributed by atoms with Crippen LogP contribution in [0.1, 0.15) is 54.3 Å². The fourth-order valence-corrected chi connectivity index (χ4v) is 3.99. The summed E-state index contributed by atoms with van der Waals surface area (Å²) < 4.78 is 5.05. The molecule has 30 heavy (non-hydrogen) atoms. The molecule has 0 atom stereocenters. The number of H-pyrrole nitrogens is 1. The number of carbonyl (C=O) groups is 3. The fraction of sp³-hybridized carbons (Fsp3) is 0.273. The van der Waals surface area contributed by atoms with Crippen LogP contribution in [0.5, 0.6) is 0 Å². The number of ketones is 1. The maximum atomic E-state index is 13.2. The number of nitrogens with zero attached hydrogens (tertiary/aromatic N) is 2. The first-order valence-electron chi connectivity index (χ1n) is 9.53. The highest BCUT2D eigenvalue weighted by molar-refractivity contribution is 7.12. The van der Waals surface area contributed by atoms with Crippen LogP contribution in [0.4, 0.5) is 0 Å². The van der Waals surface area contributed by atoms with Gasteiger partial charge in [-0.2, -0.15) is 0 Å². The highest BCUT2D eigenvalue weighted by Gasteiger charge is 2.26. The largest absolute Gasteiger partial charge is 0.461 e. The van der Waals surface area contributed by atoms with Crippen LogP contribution in [0.3, 0.4) is 0 Å². The molecule has 3 heterocycles. The number of hydrogen-bond donors (Lipinski definition) is 1. The summed E-state index contributed by atoms with van der Waals surface area (Å²) in [4.78, 5) is 47.4. The number of amides is 1. The zero-order valence-corrected chi connectivity index (χ0v) is 17.9. The SMILES string of the molecule is CCOC(=O)c1[nH]c(C)c(C(=O)CN(Cc2cccnc2)C(=O)c2cccs2)c1C. The number of hydrogen-bond acceptors (Lipinski definition) is 6. The van der Waals surface area contributed by atoms with E-state index in [1.807, 2.05) is 11.4 Å².